The number of fused-ring (bicyclic) bond motifs is 1. The summed E-state index contributed by atoms with van der Waals surface area (Å²) >= 11 is 6.76. The van der Waals surface area contributed by atoms with Crippen LogP contribution >= 0.6 is 11.6 Å². The fraction of sp³-hybridized carbons (Fsp3) is 0.385. The number of para-hydroxylation sites is 1. The highest BCUT2D eigenvalue weighted by Gasteiger charge is 2.36. The van der Waals surface area contributed by atoms with Crippen molar-refractivity contribution >= 4 is 40.7 Å². The molecule has 5 heteroatoms. The van der Waals surface area contributed by atoms with Crippen molar-refractivity contribution in [1.29, 1.82) is 0 Å². The molecule has 0 radical (unpaired) electrons. The maximum Gasteiger partial charge on any atom is 0.280 e. The second-order valence-corrected chi connectivity index (χ2v) is 9.60. The standard InChI is InChI=1S/C26H30ClN3O/c1-6-12-29-24-15-23(27)19(13-21(24)17(2)16-26(29,4)5)14-22-18(3)28-30(25(22)31)20-10-8-7-9-11-20/h7-11,13-15,17H,6,12,16H2,1-5H3/b22-14-. The predicted octanol–water partition coefficient (Wildman–Crippen LogP) is 6.65. The molecule has 2 aliphatic rings. The van der Waals surface area contributed by atoms with Crippen LogP contribution in [0.2, 0.25) is 5.02 Å². The van der Waals surface area contributed by atoms with E-state index in [9.17, 15) is 4.79 Å². The minimum atomic E-state index is -0.126. The molecule has 4 nitrogen and oxygen atoms in total. The molecule has 2 aromatic carbocycles. The van der Waals surface area contributed by atoms with Crippen LogP contribution in [-0.2, 0) is 4.79 Å². The number of benzene rings is 2. The number of hydrazone groups is 1. The van der Waals surface area contributed by atoms with Crippen molar-refractivity contribution in [2.45, 2.75) is 58.9 Å². The molecule has 0 N–H and O–H groups in total. The van der Waals surface area contributed by atoms with Gasteiger partial charge < -0.3 is 4.90 Å². The summed E-state index contributed by atoms with van der Waals surface area (Å²) < 4.78 is 0. The van der Waals surface area contributed by atoms with E-state index in [-0.39, 0.29) is 11.4 Å². The summed E-state index contributed by atoms with van der Waals surface area (Å²) in [7, 11) is 0. The molecule has 0 saturated carbocycles. The van der Waals surface area contributed by atoms with Gasteiger partial charge in [0.1, 0.15) is 0 Å². The van der Waals surface area contributed by atoms with Gasteiger partial charge in [0, 0.05) is 22.8 Å². The number of anilines is 2. The van der Waals surface area contributed by atoms with Gasteiger partial charge in [-0.3, -0.25) is 4.79 Å². The zero-order valence-corrected chi connectivity index (χ0v) is 19.7. The molecule has 0 saturated heterocycles. The summed E-state index contributed by atoms with van der Waals surface area (Å²) in [6.07, 6.45) is 4.06. The molecule has 2 heterocycles. The lowest BCUT2D eigenvalue weighted by molar-refractivity contribution is -0.114. The van der Waals surface area contributed by atoms with Gasteiger partial charge in [-0.2, -0.15) is 10.1 Å². The Bertz CT molecular complexity index is 1070. The van der Waals surface area contributed by atoms with E-state index in [0.717, 1.165) is 30.6 Å². The molecule has 162 valence electrons. The summed E-state index contributed by atoms with van der Waals surface area (Å²) in [4.78, 5) is 15.6. The maximum atomic E-state index is 13.1. The smallest absolute Gasteiger partial charge is 0.280 e. The zero-order valence-electron chi connectivity index (χ0n) is 18.9. The van der Waals surface area contributed by atoms with Crippen LogP contribution in [0.1, 0.15) is 64.5 Å². The van der Waals surface area contributed by atoms with Gasteiger partial charge >= 0.3 is 0 Å². The third-order valence-corrected chi connectivity index (χ3v) is 6.64. The molecule has 0 spiro atoms. The van der Waals surface area contributed by atoms with Crippen molar-refractivity contribution in [3.63, 3.8) is 0 Å². The number of nitrogens with zero attached hydrogens (tertiary/aromatic N) is 3. The van der Waals surface area contributed by atoms with E-state index in [1.54, 1.807) is 0 Å². The first kappa shape index (κ1) is 21.6. The van der Waals surface area contributed by atoms with Crippen LogP contribution in [0.5, 0.6) is 0 Å². The Labute approximate surface area is 190 Å². The van der Waals surface area contributed by atoms with E-state index in [1.165, 1.54) is 16.3 Å². The van der Waals surface area contributed by atoms with Gasteiger partial charge in [0.05, 0.1) is 17.0 Å². The Morgan fingerprint density at radius 1 is 1.23 bits per heavy atom. The molecule has 0 aromatic heterocycles. The van der Waals surface area contributed by atoms with Crippen LogP contribution in [0, 0.1) is 0 Å². The van der Waals surface area contributed by atoms with Crippen LogP contribution in [-0.4, -0.2) is 23.7 Å². The van der Waals surface area contributed by atoms with Crippen LogP contribution in [0.15, 0.2) is 53.1 Å². The molecule has 0 aliphatic carbocycles. The third kappa shape index (κ3) is 3.89. The van der Waals surface area contributed by atoms with Crippen molar-refractivity contribution in [3.8, 4) is 0 Å². The van der Waals surface area contributed by atoms with E-state index >= 15 is 0 Å². The zero-order chi connectivity index (χ0) is 22.3. The van der Waals surface area contributed by atoms with E-state index in [2.05, 4.69) is 49.8 Å². The Morgan fingerprint density at radius 2 is 1.94 bits per heavy atom. The lowest BCUT2D eigenvalue weighted by atomic mass is 9.79. The highest BCUT2D eigenvalue weighted by atomic mass is 35.5. The van der Waals surface area contributed by atoms with Crippen molar-refractivity contribution in [1.82, 2.24) is 0 Å². The van der Waals surface area contributed by atoms with Gasteiger partial charge in [-0.15, -0.1) is 0 Å². The van der Waals surface area contributed by atoms with E-state index in [0.29, 0.717) is 22.2 Å². The summed E-state index contributed by atoms with van der Waals surface area (Å²) in [5.41, 5.74) is 5.52. The third-order valence-electron chi connectivity index (χ3n) is 6.31. The van der Waals surface area contributed by atoms with Crippen molar-refractivity contribution in [3.05, 3.63) is 64.2 Å². The minimum absolute atomic E-state index is 0.0899. The maximum absolute atomic E-state index is 13.1. The van der Waals surface area contributed by atoms with Crippen LogP contribution < -0.4 is 9.91 Å². The normalized spacial score (nSPS) is 21.5. The predicted molar refractivity (Wildman–Crippen MR) is 131 cm³/mol. The Hall–Kier alpha value is -2.59. The summed E-state index contributed by atoms with van der Waals surface area (Å²) in [5, 5.41) is 6.61. The highest BCUT2D eigenvalue weighted by molar-refractivity contribution is 6.35. The molecule has 0 fully saturated rings. The number of rotatable bonds is 4. The van der Waals surface area contributed by atoms with Gasteiger partial charge in [0.15, 0.2) is 0 Å². The molecular formula is C26H30ClN3O. The van der Waals surface area contributed by atoms with Crippen LogP contribution in [0.4, 0.5) is 11.4 Å². The first-order chi connectivity index (χ1) is 14.7. The first-order valence-corrected chi connectivity index (χ1v) is 11.4. The monoisotopic (exact) mass is 435 g/mol. The molecule has 2 aromatic rings. The summed E-state index contributed by atoms with van der Waals surface area (Å²) in [6.45, 7) is 12.0. The Morgan fingerprint density at radius 3 is 2.61 bits per heavy atom. The molecular weight excluding hydrogens is 406 g/mol. The lowest BCUT2D eigenvalue weighted by Crippen LogP contribution is -2.48. The first-order valence-electron chi connectivity index (χ1n) is 11.0. The van der Waals surface area contributed by atoms with Gasteiger partial charge in [-0.05, 0) is 81.0 Å². The molecule has 31 heavy (non-hydrogen) atoms. The van der Waals surface area contributed by atoms with Gasteiger partial charge in [-0.1, -0.05) is 43.6 Å². The van der Waals surface area contributed by atoms with Crippen LogP contribution in [0.3, 0.4) is 0 Å². The SMILES string of the molecule is CCCN1c2cc(Cl)c(/C=C3\C(=O)N(c4ccccc4)N=C3C)cc2C(C)CC1(C)C. The van der Waals surface area contributed by atoms with E-state index in [1.807, 2.05) is 43.3 Å². The Kier molecular flexibility index (Phi) is 5.69. The molecule has 0 bridgehead atoms. The number of hydrogen-bond acceptors (Lipinski definition) is 3. The number of amides is 1. The summed E-state index contributed by atoms with van der Waals surface area (Å²) in [6, 6.07) is 13.7. The lowest BCUT2D eigenvalue weighted by Gasteiger charge is -2.47. The van der Waals surface area contributed by atoms with Gasteiger partial charge in [0.2, 0.25) is 0 Å². The molecule has 2 aliphatic heterocycles. The van der Waals surface area contributed by atoms with Crippen molar-refractivity contribution < 1.29 is 4.79 Å². The average Bonchev–Trinajstić information content (AvgIpc) is 3.00. The number of carbonyl (C=O) groups is 1. The average molecular weight is 436 g/mol. The van der Waals surface area contributed by atoms with Crippen LogP contribution in [0.25, 0.3) is 6.08 Å². The minimum Gasteiger partial charge on any atom is -0.366 e. The topological polar surface area (TPSA) is 35.9 Å². The molecule has 1 unspecified atom stereocenters. The second-order valence-electron chi connectivity index (χ2n) is 9.20. The fourth-order valence-electron chi connectivity index (χ4n) is 4.86. The molecule has 4 rings (SSSR count). The molecule has 1 atom stereocenters. The van der Waals surface area contributed by atoms with Gasteiger partial charge in [-0.25, -0.2) is 0 Å². The quantitative estimate of drug-likeness (QED) is 0.504. The number of carbonyl (C=O) groups excluding carboxylic acids is 1. The van der Waals surface area contributed by atoms with E-state index < -0.39 is 0 Å². The van der Waals surface area contributed by atoms with E-state index in [4.69, 9.17) is 11.6 Å². The number of hydrogen-bond donors (Lipinski definition) is 0. The molecule has 1 amide bonds. The number of halogens is 1. The fourth-order valence-corrected chi connectivity index (χ4v) is 5.07. The second kappa shape index (κ2) is 8.16. The highest BCUT2D eigenvalue weighted by Crippen LogP contribution is 2.45. The Balaban J connectivity index is 1.74. The largest absolute Gasteiger partial charge is 0.366 e. The summed E-state index contributed by atoms with van der Waals surface area (Å²) in [5.74, 6) is 0.293. The van der Waals surface area contributed by atoms with Crippen molar-refractivity contribution in [2.75, 3.05) is 16.5 Å². The van der Waals surface area contributed by atoms with Crippen molar-refractivity contribution in [2.24, 2.45) is 5.10 Å². The van der Waals surface area contributed by atoms with Gasteiger partial charge in [0.25, 0.3) is 5.91 Å².